The van der Waals surface area contributed by atoms with Crippen LogP contribution in [0.2, 0.25) is 0 Å². The molecule has 0 fully saturated rings. The summed E-state index contributed by atoms with van der Waals surface area (Å²) in [6, 6.07) is 65.2. The molecule has 4 heterocycles. The number of ether oxygens (including phenoxy) is 5. The Bertz CT molecular complexity index is 5080. The summed E-state index contributed by atoms with van der Waals surface area (Å²) in [6.45, 7) is 1.39. The third-order valence-electron chi connectivity index (χ3n) is 17.7. The molecule has 4 aliphatic heterocycles. The number of aromatic carboxylic acids is 3. The van der Waals surface area contributed by atoms with Crippen LogP contribution in [0.5, 0.6) is 11.5 Å². The number of rotatable bonds is 24. The van der Waals surface area contributed by atoms with Gasteiger partial charge in [-0.05, 0) is 208 Å². The molecule has 0 radical (unpaired) electrons. The predicted molar refractivity (Wildman–Crippen MR) is 437 cm³/mol. The van der Waals surface area contributed by atoms with E-state index in [-0.39, 0.29) is 54.2 Å². The second-order valence-electron chi connectivity index (χ2n) is 25.7. The first-order valence-electron chi connectivity index (χ1n) is 35.3. The molecule has 25 heteroatoms. The number of esters is 3. The molecule has 4 aliphatic rings. The van der Waals surface area contributed by atoms with E-state index in [0.29, 0.717) is 40.7 Å². The number of nitrogens with one attached hydrogen (secondary N) is 1. The van der Waals surface area contributed by atoms with Crippen molar-refractivity contribution in [2.24, 2.45) is 30.9 Å². The molecule has 0 spiro atoms. The molecular weight excluding hydrogens is 1470 g/mol. The summed E-state index contributed by atoms with van der Waals surface area (Å²) in [5.41, 5.74) is 25.3. The van der Waals surface area contributed by atoms with Gasteiger partial charge in [-0.25, -0.2) is 28.8 Å². The van der Waals surface area contributed by atoms with Gasteiger partial charge in [0.05, 0.1) is 111 Å². The molecule has 0 aliphatic carbocycles. The molecule has 24 nitrogen and oxygen atoms in total. The Balaban J connectivity index is 0.000000189. The standard InChI is InChI=1S/C29H24N2O3.C28H23N3O3.C12H13NO4.C11H13NO3.C9H8O4.ClH/c1-34-26-11-9-21(10-12-26)25-16-28(31-18-25)24-4-2-3-23(15-24)27-14-20(17-30-27)13-19-5-7-22(8-6-19)29(32)33;1-34-24-11-9-20(10-12-24)26-16-27(31-30-26)23-4-2-3-22(15-23)25-14-19(17-29-25)13-18-5-7-21(8-6-18)28(32)33;1-8(14)7-13-11(15)9-4-3-5-10(6-9)12(16)17-2;1-15-11(14)9-4-2-8(3-5-9)6-10(13)7-12;1-13-9(12)7-4-2-3-6(5-7)8(10)11;/h2-12,15,17-18H,13-14,16H2,1H3,(H,32,33);2-12,15,17H,13-14,16H2,1H3,(H,32,33);3-6H,7H2,1-2H3,(H,13,15);2-5H,6-7,12H2,1H3;2-5H,1H3,(H,10,11);1H. The van der Waals surface area contributed by atoms with E-state index in [1.807, 2.05) is 85.3 Å². The van der Waals surface area contributed by atoms with Gasteiger partial charge in [-0.2, -0.15) is 10.2 Å². The zero-order valence-electron chi connectivity index (χ0n) is 63.2. The number of carboxylic acids is 3. The van der Waals surface area contributed by atoms with E-state index in [4.69, 9.17) is 35.5 Å². The molecule has 0 unspecified atom stereocenters. The van der Waals surface area contributed by atoms with Crippen LogP contribution in [0.25, 0.3) is 5.57 Å². The number of carbonyl (C=O) groups is 9. The summed E-state index contributed by atoms with van der Waals surface area (Å²) in [4.78, 5) is 113. The van der Waals surface area contributed by atoms with Crippen LogP contribution in [0.4, 0.5) is 0 Å². The van der Waals surface area contributed by atoms with Crippen LogP contribution < -0.4 is 20.5 Å². The average molecular weight is 1560 g/mol. The van der Waals surface area contributed by atoms with Gasteiger partial charge in [0.2, 0.25) is 0 Å². The lowest BCUT2D eigenvalue weighted by Crippen LogP contribution is -2.28. The van der Waals surface area contributed by atoms with E-state index in [2.05, 4.69) is 94.3 Å². The fraction of sp³-hybridized carbons (Fsp3) is 0.169. The fourth-order valence-corrected chi connectivity index (χ4v) is 11.7. The minimum Gasteiger partial charge on any atom is -0.497 e. The quantitative estimate of drug-likeness (QED) is 0.0277. The Labute approximate surface area is 663 Å². The third kappa shape index (κ3) is 24.8. The Morgan fingerprint density at radius 1 is 0.386 bits per heavy atom. The van der Waals surface area contributed by atoms with Crippen molar-refractivity contribution in [2.75, 3.05) is 48.6 Å². The van der Waals surface area contributed by atoms with E-state index in [0.717, 1.165) is 122 Å². The van der Waals surface area contributed by atoms with Crippen molar-refractivity contribution in [1.82, 2.24) is 5.32 Å². The largest absolute Gasteiger partial charge is 0.497 e. The number of nitrogens with zero attached hydrogens (tertiary/aromatic N) is 5. The summed E-state index contributed by atoms with van der Waals surface area (Å²) in [6.07, 6.45) is 10.6. The molecule has 9 aromatic rings. The molecule has 114 heavy (non-hydrogen) atoms. The van der Waals surface area contributed by atoms with Gasteiger partial charge in [-0.1, -0.05) is 97.1 Å². The van der Waals surface area contributed by atoms with Gasteiger partial charge in [-0.3, -0.25) is 29.4 Å². The predicted octanol–water partition coefficient (Wildman–Crippen LogP) is 14.2. The van der Waals surface area contributed by atoms with E-state index < -0.39 is 35.8 Å². The van der Waals surface area contributed by atoms with Crippen LogP contribution in [-0.2, 0) is 43.1 Å². The number of nitrogens with two attached hydrogens (primary N) is 1. The zero-order valence-corrected chi connectivity index (χ0v) is 64.0. The highest BCUT2D eigenvalue weighted by molar-refractivity contribution is 6.21. The summed E-state index contributed by atoms with van der Waals surface area (Å²) in [5.74, 6) is -3.21. The van der Waals surface area contributed by atoms with Crippen LogP contribution in [0.1, 0.15) is 155 Å². The minimum absolute atomic E-state index is 0. The van der Waals surface area contributed by atoms with Crippen LogP contribution in [0, 0.1) is 0 Å². The Hall–Kier alpha value is -14.0. The van der Waals surface area contributed by atoms with E-state index in [9.17, 15) is 43.2 Å². The second-order valence-corrected chi connectivity index (χ2v) is 25.7. The maximum atomic E-state index is 11.6. The van der Waals surface area contributed by atoms with Crippen molar-refractivity contribution in [1.29, 1.82) is 0 Å². The molecule has 0 saturated carbocycles. The number of allylic oxidation sites excluding steroid dienone is 3. The Morgan fingerprint density at radius 3 is 1.20 bits per heavy atom. The first-order chi connectivity index (χ1) is 54.5. The van der Waals surface area contributed by atoms with Crippen LogP contribution in [0.3, 0.4) is 0 Å². The van der Waals surface area contributed by atoms with Gasteiger partial charge in [0, 0.05) is 56.3 Å². The number of ketones is 2. The van der Waals surface area contributed by atoms with E-state index in [1.54, 1.807) is 80.9 Å². The van der Waals surface area contributed by atoms with E-state index >= 15 is 0 Å². The molecule has 6 N–H and O–H groups in total. The van der Waals surface area contributed by atoms with Gasteiger partial charge < -0.3 is 50.1 Å². The number of Topliss-reactive ketones (excluding diaryl/α,β-unsaturated/α-hetero) is 2. The lowest BCUT2D eigenvalue weighted by Gasteiger charge is -2.08. The normalized spacial score (nSPS) is 12.6. The van der Waals surface area contributed by atoms with Gasteiger partial charge in [-0.15, -0.1) is 12.4 Å². The highest BCUT2D eigenvalue weighted by Crippen LogP contribution is 2.30. The Kier molecular flexibility index (Phi) is 31.8. The van der Waals surface area contributed by atoms with E-state index in [1.165, 1.54) is 75.3 Å². The molecule has 0 aromatic heterocycles. The fourth-order valence-electron chi connectivity index (χ4n) is 11.7. The number of aliphatic imine (C=N–C) groups is 3. The highest BCUT2D eigenvalue weighted by Gasteiger charge is 2.22. The lowest BCUT2D eigenvalue weighted by molar-refractivity contribution is -0.117. The lowest BCUT2D eigenvalue weighted by atomic mass is 9.95. The number of benzene rings is 9. The van der Waals surface area contributed by atoms with Crippen molar-refractivity contribution in [3.8, 4) is 11.5 Å². The Morgan fingerprint density at radius 2 is 0.763 bits per heavy atom. The van der Waals surface area contributed by atoms with Crippen LogP contribution in [0.15, 0.2) is 273 Å². The summed E-state index contributed by atoms with van der Waals surface area (Å²) in [7, 11) is 7.17. The van der Waals surface area contributed by atoms with Gasteiger partial charge in [0.25, 0.3) is 5.91 Å². The van der Waals surface area contributed by atoms with Crippen molar-refractivity contribution < 1.29 is 82.2 Å². The SMILES string of the molecule is COC(=O)c1ccc(CC(=O)CN)cc1.COC(=O)c1cccc(C(=O)NCC(C)=O)c1.COC(=O)c1cccc(C(=O)O)c1.COc1ccc(C2=CN=C(c3cccc(C4=NC=C(Cc5ccc(C(=O)O)cc5)C4)c3)C2)cc1.COc1ccc(C2=NN=C(c3cccc(C4=NC=C(Cc5ccc(C(=O)O)cc5)C4)c3)C2)cc1.Cl. The topological polar surface area (TPSA) is 360 Å². The monoisotopic (exact) mass is 1560 g/mol. The maximum Gasteiger partial charge on any atom is 0.337 e. The summed E-state index contributed by atoms with van der Waals surface area (Å²) in [5, 5.41) is 38.0. The zero-order chi connectivity index (χ0) is 80.9. The smallest absolute Gasteiger partial charge is 0.337 e. The first-order valence-corrected chi connectivity index (χ1v) is 35.3. The molecule has 9 aromatic carbocycles. The summed E-state index contributed by atoms with van der Waals surface area (Å²) < 4.78 is 24.0. The number of hydrogen-bond donors (Lipinski definition) is 5. The van der Waals surface area contributed by atoms with Crippen molar-refractivity contribution in [2.45, 2.75) is 51.9 Å². The summed E-state index contributed by atoms with van der Waals surface area (Å²) >= 11 is 0. The number of carbonyl (C=O) groups excluding carboxylic acids is 6. The molecule has 13 rings (SSSR count). The minimum atomic E-state index is -1.06. The van der Waals surface area contributed by atoms with Gasteiger partial charge in [0.15, 0.2) is 5.78 Å². The molecule has 582 valence electrons. The molecular formula is C89H82ClN7O17. The highest BCUT2D eigenvalue weighted by atomic mass is 35.5. The number of methoxy groups -OCH3 is 5. The number of halogens is 1. The van der Waals surface area contributed by atoms with Gasteiger partial charge in [0.1, 0.15) is 17.3 Å². The molecule has 0 atom stereocenters. The van der Waals surface area contributed by atoms with Crippen molar-refractivity contribution in [3.63, 3.8) is 0 Å². The average Bonchev–Trinajstić information content (AvgIpc) is 1.67. The number of carboxylic acid groups (broad SMARTS) is 3. The van der Waals surface area contributed by atoms with Crippen LogP contribution in [-0.4, -0.2) is 146 Å². The van der Waals surface area contributed by atoms with Crippen molar-refractivity contribution >= 4 is 99.8 Å². The molecule has 0 bridgehead atoms. The van der Waals surface area contributed by atoms with Gasteiger partial charge >= 0.3 is 35.8 Å². The first kappa shape index (κ1) is 85.6. The van der Waals surface area contributed by atoms with Crippen LogP contribution >= 0.6 is 12.4 Å². The maximum absolute atomic E-state index is 11.6. The number of amides is 1. The third-order valence-corrected chi connectivity index (χ3v) is 17.7. The molecule has 1 amide bonds. The second kappa shape index (κ2) is 42.3. The number of hydrogen-bond acceptors (Lipinski definition) is 20. The van der Waals surface area contributed by atoms with Crippen molar-refractivity contribution in [3.05, 3.63) is 337 Å². The molecule has 0 saturated heterocycles.